The van der Waals surface area contributed by atoms with Crippen LogP contribution in [-0.2, 0) is 0 Å². The minimum absolute atomic E-state index is 0.741. The third-order valence-corrected chi connectivity index (χ3v) is 6.34. The molecule has 0 bridgehead atoms. The number of hydrogen-bond acceptors (Lipinski definition) is 3. The highest BCUT2D eigenvalue weighted by Gasteiger charge is 2.39. The molecule has 4 atom stereocenters. The molecule has 1 N–H and O–H groups in total. The Labute approximate surface area is 116 Å². The Balaban J connectivity index is 1.61. The van der Waals surface area contributed by atoms with Gasteiger partial charge in [-0.15, -0.1) is 0 Å². The van der Waals surface area contributed by atoms with Gasteiger partial charge in [-0.25, -0.2) is 0 Å². The summed E-state index contributed by atoms with van der Waals surface area (Å²) >= 11 is 2.09. The fraction of sp³-hybridized carbons (Fsp3) is 1.00. The average molecular weight is 268 g/mol. The topological polar surface area (TPSA) is 15.3 Å². The lowest BCUT2D eigenvalue weighted by Gasteiger charge is -2.46. The predicted octanol–water partition coefficient (Wildman–Crippen LogP) is 2.73. The van der Waals surface area contributed by atoms with Crippen LogP contribution in [0.1, 0.15) is 45.4 Å². The molecule has 2 nitrogen and oxygen atoms in total. The number of rotatable bonds is 3. The van der Waals surface area contributed by atoms with E-state index in [-0.39, 0.29) is 0 Å². The lowest BCUT2D eigenvalue weighted by atomic mass is 9.91. The minimum atomic E-state index is 0.741. The first kappa shape index (κ1) is 13.3. The molecule has 2 saturated carbocycles. The van der Waals surface area contributed by atoms with E-state index >= 15 is 0 Å². The molecule has 4 unspecified atom stereocenters. The van der Waals surface area contributed by atoms with E-state index < -0.39 is 0 Å². The lowest BCUT2D eigenvalue weighted by Crippen LogP contribution is -2.59. The van der Waals surface area contributed by atoms with Crippen LogP contribution in [0, 0.1) is 5.92 Å². The highest BCUT2D eigenvalue weighted by atomic mass is 32.2. The quantitative estimate of drug-likeness (QED) is 0.847. The molecular weight excluding hydrogens is 240 g/mol. The van der Waals surface area contributed by atoms with E-state index in [1.807, 2.05) is 0 Å². The largest absolute Gasteiger partial charge is 0.311 e. The smallest absolute Gasteiger partial charge is 0.0224 e. The molecule has 104 valence electrons. The van der Waals surface area contributed by atoms with Crippen molar-refractivity contribution in [3.8, 4) is 0 Å². The summed E-state index contributed by atoms with van der Waals surface area (Å²) in [6.45, 7) is 4.94. The zero-order valence-corrected chi connectivity index (χ0v) is 12.7. The number of nitrogens with one attached hydrogen (secondary N) is 1. The molecule has 3 heteroatoms. The second kappa shape index (κ2) is 5.72. The molecule has 3 rings (SSSR count). The molecule has 3 aliphatic rings. The predicted molar refractivity (Wildman–Crippen MR) is 80.2 cm³/mol. The molecular formula is C15H28N2S. The van der Waals surface area contributed by atoms with Gasteiger partial charge in [0.1, 0.15) is 0 Å². The molecule has 1 aliphatic heterocycles. The van der Waals surface area contributed by atoms with Gasteiger partial charge in [0.05, 0.1) is 0 Å². The third kappa shape index (κ3) is 2.88. The maximum Gasteiger partial charge on any atom is 0.0224 e. The van der Waals surface area contributed by atoms with Crippen LogP contribution >= 0.6 is 11.8 Å². The SMILES string of the molecule is CSC1CCCC(N2CC(C3CC3)NCC2C)C1. The molecule has 0 amide bonds. The third-order valence-electron chi connectivity index (χ3n) is 5.24. The Kier molecular flexibility index (Phi) is 4.21. The Bertz CT molecular complexity index is 280. The molecule has 1 heterocycles. The van der Waals surface area contributed by atoms with Crippen molar-refractivity contribution in [1.29, 1.82) is 0 Å². The summed E-state index contributed by atoms with van der Waals surface area (Å²) in [5.41, 5.74) is 0. The van der Waals surface area contributed by atoms with E-state index in [9.17, 15) is 0 Å². The van der Waals surface area contributed by atoms with Crippen LogP contribution in [0.5, 0.6) is 0 Å². The summed E-state index contributed by atoms with van der Waals surface area (Å²) in [7, 11) is 0. The van der Waals surface area contributed by atoms with E-state index in [0.29, 0.717) is 0 Å². The van der Waals surface area contributed by atoms with Gasteiger partial charge in [-0.05, 0) is 51.2 Å². The Morgan fingerprint density at radius 3 is 2.72 bits per heavy atom. The van der Waals surface area contributed by atoms with Gasteiger partial charge in [0.15, 0.2) is 0 Å². The van der Waals surface area contributed by atoms with E-state index in [2.05, 4.69) is 35.2 Å². The zero-order valence-electron chi connectivity index (χ0n) is 11.9. The molecule has 3 fully saturated rings. The number of hydrogen-bond donors (Lipinski definition) is 1. The zero-order chi connectivity index (χ0) is 12.5. The van der Waals surface area contributed by atoms with Crippen molar-refractivity contribution >= 4 is 11.8 Å². The fourth-order valence-corrected chi connectivity index (χ4v) is 4.69. The number of piperazine rings is 1. The Morgan fingerprint density at radius 2 is 2.00 bits per heavy atom. The summed E-state index contributed by atoms with van der Waals surface area (Å²) < 4.78 is 0. The monoisotopic (exact) mass is 268 g/mol. The van der Waals surface area contributed by atoms with E-state index in [1.165, 1.54) is 51.6 Å². The summed E-state index contributed by atoms with van der Waals surface area (Å²) in [5.74, 6) is 1.000. The van der Waals surface area contributed by atoms with Crippen LogP contribution in [0.25, 0.3) is 0 Å². The van der Waals surface area contributed by atoms with Gasteiger partial charge in [0.2, 0.25) is 0 Å². The van der Waals surface area contributed by atoms with Gasteiger partial charge in [0.25, 0.3) is 0 Å². The number of nitrogens with zero attached hydrogens (tertiary/aromatic N) is 1. The first-order valence-electron chi connectivity index (χ1n) is 7.80. The molecule has 18 heavy (non-hydrogen) atoms. The molecule has 0 spiro atoms. The van der Waals surface area contributed by atoms with E-state index in [1.54, 1.807) is 0 Å². The van der Waals surface area contributed by atoms with Crippen LogP contribution in [0.4, 0.5) is 0 Å². The van der Waals surface area contributed by atoms with Crippen molar-refractivity contribution in [3.05, 3.63) is 0 Å². The van der Waals surface area contributed by atoms with Gasteiger partial charge in [-0.3, -0.25) is 4.90 Å². The normalized spacial score (nSPS) is 43.0. The molecule has 2 aliphatic carbocycles. The van der Waals surface area contributed by atoms with Gasteiger partial charge >= 0.3 is 0 Å². The number of thioether (sulfide) groups is 1. The standard InChI is InChI=1S/C15H28N2S/c1-11-9-16-15(12-6-7-12)10-17(11)13-4-3-5-14(8-13)18-2/h11-16H,3-10H2,1-2H3. The molecule has 0 radical (unpaired) electrons. The molecule has 1 saturated heterocycles. The second-order valence-corrected chi connectivity index (χ2v) is 7.71. The highest BCUT2D eigenvalue weighted by molar-refractivity contribution is 7.99. The maximum absolute atomic E-state index is 3.78. The van der Waals surface area contributed by atoms with Crippen LogP contribution in [0.3, 0.4) is 0 Å². The molecule has 0 aromatic rings. The van der Waals surface area contributed by atoms with Crippen LogP contribution in [0.2, 0.25) is 0 Å². The first-order chi connectivity index (χ1) is 8.78. The van der Waals surface area contributed by atoms with Crippen LogP contribution in [-0.4, -0.2) is 47.6 Å². The first-order valence-corrected chi connectivity index (χ1v) is 9.08. The van der Waals surface area contributed by atoms with Crippen molar-refractivity contribution in [2.45, 2.75) is 68.8 Å². The Morgan fingerprint density at radius 1 is 1.17 bits per heavy atom. The van der Waals surface area contributed by atoms with Gasteiger partial charge < -0.3 is 5.32 Å². The van der Waals surface area contributed by atoms with Crippen molar-refractivity contribution < 1.29 is 0 Å². The van der Waals surface area contributed by atoms with Gasteiger partial charge in [0, 0.05) is 36.5 Å². The summed E-state index contributed by atoms with van der Waals surface area (Å²) in [6, 6.07) is 2.41. The maximum atomic E-state index is 3.78. The second-order valence-electron chi connectivity index (χ2n) is 6.58. The Hall–Kier alpha value is 0.270. The van der Waals surface area contributed by atoms with E-state index in [4.69, 9.17) is 0 Å². The lowest BCUT2D eigenvalue weighted by molar-refractivity contribution is 0.0666. The van der Waals surface area contributed by atoms with Crippen LogP contribution in [0.15, 0.2) is 0 Å². The average Bonchev–Trinajstić information content (AvgIpc) is 3.24. The van der Waals surface area contributed by atoms with E-state index in [0.717, 1.165) is 29.3 Å². The van der Waals surface area contributed by atoms with Crippen molar-refractivity contribution in [1.82, 2.24) is 10.2 Å². The summed E-state index contributed by atoms with van der Waals surface area (Å²) in [5, 5.41) is 4.70. The van der Waals surface area contributed by atoms with Gasteiger partial charge in [-0.2, -0.15) is 11.8 Å². The molecule has 0 aromatic carbocycles. The van der Waals surface area contributed by atoms with Crippen molar-refractivity contribution in [3.63, 3.8) is 0 Å². The summed E-state index contributed by atoms with van der Waals surface area (Å²) in [6.07, 6.45) is 11.0. The molecule has 0 aromatic heterocycles. The summed E-state index contributed by atoms with van der Waals surface area (Å²) in [4.78, 5) is 2.85. The fourth-order valence-electron chi connectivity index (χ4n) is 3.87. The van der Waals surface area contributed by atoms with Gasteiger partial charge in [-0.1, -0.05) is 6.42 Å². The minimum Gasteiger partial charge on any atom is -0.311 e. The van der Waals surface area contributed by atoms with Crippen LogP contribution < -0.4 is 5.32 Å². The van der Waals surface area contributed by atoms with Crippen molar-refractivity contribution in [2.75, 3.05) is 19.3 Å². The highest BCUT2D eigenvalue weighted by Crippen LogP contribution is 2.36. The van der Waals surface area contributed by atoms with Crippen molar-refractivity contribution in [2.24, 2.45) is 5.92 Å².